The number of allylic oxidation sites excluding steroid dienone is 2. The van der Waals surface area contributed by atoms with Crippen LogP contribution in [0.5, 0.6) is 0 Å². The van der Waals surface area contributed by atoms with Gasteiger partial charge in [-0.25, -0.2) is 0 Å². The maximum atomic E-state index is 6.25. The first kappa shape index (κ1) is 11.8. The molecule has 1 aliphatic rings. The minimum absolute atomic E-state index is 0.620. The second-order valence-corrected chi connectivity index (χ2v) is 4.09. The second-order valence-electron chi connectivity index (χ2n) is 3.71. The fraction of sp³-hybridized carbons (Fsp3) is 0.143. The molecule has 1 aromatic carbocycles. The maximum absolute atomic E-state index is 6.25. The van der Waals surface area contributed by atoms with Gasteiger partial charge in [0, 0.05) is 5.56 Å². The fourth-order valence-corrected chi connectivity index (χ4v) is 2.02. The van der Waals surface area contributed by atoms with Crippen LogP contribution < -0.4 is 10.6 Å². The Hall–Kier alpha value is -1.67. The van der Waals surface area contributed by atoms with Crippen molar-refractivity contribution in [3.8, 4) is 0 Å². The van der Waals surface area contributed by atoms with Crippen molar-refractivity contribution in [2.75, 3.05) is 0 Å². The topological polar surface area (TPSA) is 24.1 Å². The maximum Gasteiger partial charge on any atom is 0.131 e. The predicted octanol–water partition coefficient (Wildman–Crippen LogP) is 3.55. The average molecular weight is 247 g/mol. The molecule has 17 heavy (non-hydrogen) atoms. The van der Waals surface area contributed by atoms with Crippen LogP contribution in [0.2, 0.25) is 0 Å². The first-order chi connectivity index (χ1) is 8.26. The Bertz CT molecular complexity index is 498. The van der Waals surface area contributed by atoms with E-state index in [2.05, 4.69) is 10.6 Å². The van der Waals surface area contributed by atoms with Gasteiger partial charge in [-0.3, -0.25) is 0 Å². The quantitative estimate of drug-likeness (QED) is 0.741. The zero-order chi connectivity index (χ0) is 12.3. The second kappa shape index (κ2) is 5.11. The lowest BCUT2D eigenvalue weighted by Crippen LogP contribution is -2.29. The monoisotopic (exact) mass is 246 g/mol. The molecule has 3 heteroatoms. The summed E-state index contributed by atoms with van der Waals surface area (Å²) in [5.74, 6) is 0. The van der Waals surface area contributed by atoms with Crippen molar-refractivity contribution in [3.63, 3.8) is 0 Å². The van der Waals surface area contributed by atoms with E-state index in [1.54, 1.807) is 0 Å². The van der Waals surface area contributed by atoms with Crippen LogP contribution in [0.1, 0.15) is 19.4 Å². The molecule has 1 aliphatic heterocycles. The number of halogens is 1. The largest absolute Gasteiger partial charge is 0.351 e. The molecular weight excluding hydrogens is 232 g/mol. The first-order valence-corrected chi connectivity index (χ1v) is 5.96. The molecule has 0 aromatic heterocycles. The van der Waals surface area contributed by atoms with Gasteiger partial charge in [0.15, 0.2) is 0 Å². The summed E-state index contributed by atoms with van der Waals surface area (Å²) in [5, 5.41) is 7.16. The summed E-state index contributed by atoms with van der Waals surface area (Å²) in [4.78, 5) is 0. The Kier molecular flexibility index (Phi) is 3.55. The molecule has 2 rings (SSSR count). The van der Waals surface area contributed by atoms with E-state index in [1.165, 1.54) is 0 Å². The molecule has 0 atom stereocenters. The molecule has 0 amide bonds. The van der Waals surface area contributed by atoms with Gasteiger partial charge in [0.25, 0.3) is 0 Å². The molecule has 0 saturated carbocycles. The van der Waals surface area contributed by atoms with Gasteiger partial charge in [-0.15, -0.1) is 0 Å². The average Bonchev–Trinajstić information content (AvgIpc) is 2.39. The summed E-state index contributed by atoms with van der Waals surface area (Å²) in [6, 6.07) is 10.0. The van der Waals surface area contributed by atoms with Crippen molar-refractivity contribution in [2.24, 2.45) is 0 Å². The molecule has 0 fully saturated rings. The third-order valence-corrected chi connectivity index (χ3v) is 2.94. The minimum atomic E-state index is 0.620. The standard InChI is InChI=1S/C14H15ClN2/c1-3-11-12(4-2)17-14(15)13(16-11)10-8-6-5-7-9-10/h3-9,16-17H,1-2H3/b11-3+,12-4+. The molecule has 1 heterocycles. The molecule has 2 N–H and O–H groups in total. The number of rotatable bonds is 1. The Balaban J connectivity index is 2.43. The van der Waals surface area contributed by atoms with Crippen LogP contribution in [0.3, 0.4) is 0 Å². The summed E-state index contributed by atoms with van der Waals surface area (Å²) in [6.07, 6.45) is 4.01. The highest BCUT2D eigenvalue weighted by Gasteiger charge is 2.17. The van der Waals surface area contributed by atoms with Crippen molar-refractivity contribution in [1.82, 2.24) is 10.6 Å². The molecule has 88 valence electrons. The summed E-state index contributed by atoms with van der Waals surface area (Å²) < 4.78 is 0. The van der Waals surface area contributed by atoms with Gasteiger partial charge < -0.3 is 10.6 Å². The fourth-order valence-electron chi connectivity index (χ4n) is 1.76. The first-order valence-electron chi connectivity index (χ1n) is 5.58. The van der Waals surface area contributed by atoms with E-state index < -0.39 is 0 Å². The van der Waals surface area contributed by atoms with Gasteiger partial charge in [0.2, 0.25) is 0 Å². The van der Waals surface area contributed by atoms with E-state index in [-0.39, 0.29) is 0 Å². The zero-order valence-corrected chi connectivity index (χ0v) is 10.7. The SMILES string of the molecule is C/C=C1/NC(Cl)=C(c2ccccc2)N/C1=C/C. The third-order valence-electron chi connectivity index (χ3n) is 2.65. The summed E-state index contributed by atoms with van der Waals surface area (Å²) >= 11 is 6.25. The van der Waals surface area contributed by atoms with Crippen LogP contribution in [0.15, 0.2) is 59.0 Å². The van der Waals surface area contributed by atoms with E-state index in [0.29, 0.717) is 5.16 Å². The molecule has 0 aliphatic carbocycles. The zero-order valence-electron chi connectivity index (χ0n) is 9.92. The number of benzene rings is 1. The molecule has 0 radical (unpaired) electrons. The van der Waals surface area contributed by atoms with Crippen LogP contribution in [-0.4, -0.2) is 0 Å². The Morgan fingerprint density at radius 2 is 1.53 bits per heavy atom. The lowest BCUT2D eigenvalue weighted by molar-refractivity contribution is 0.910. The van der Waals surface area contributed by atoms with Crippen LogP contribution in [0.25, 0.3) is 5.70 Å². The third kappa shape index (κ3) is 2.37. The highest BCUT2D eigenvalue weighted by atomic mass is 35.5. The highest BCUT2D eigenvalue weighted by Crippen LogP contribution is 2.25. The van der Waals surface area contributed by atoms with Crippen molar-refractivity contribution < 1.29 is 0 Å². The van der Waals surface area contributed by atoms with E-state index >= 15 is 0 Å². The molecule has 0 spiro atoms. The molecule has 2 nitrogen and oxygen atoms in total. The lowest BCUT2D eigenvalue weighted by atomic mass is 10.1. The normalized spacial score (nSPS) is 20.4. The van der Waals surface area contributed by atoms with E-state index in [1.807, 2.05) is 56.3 Å². The van der Waals surface area contributed by atoms with Gasteiger partial charge >= 0.3 is 0 Å². The number of hydrogen-bond acceptors (Lipinski definition) is 2. The van der Waals surface area contributed by atoms with Crippen LogP contribution in [0, 0.1) is 0 Å². The van der Waals surface area contributed by atoms with Gasteiger partial charge in [-0.05, 0) is 13.8 Å². The molecule has 0 saturated heterocycles. The Morgan fingerprint density at radius 1 is 0.941 bits per heavy atom. The smallest absolute Gasteiger partial charge is 0.131 e. The number of nitrogens with one attached hydrogen (secondary N) is 2. The van der Waals surface area contributed by atoms with Crippen molar-refractivity contribution in [2.45, 2.75) is 13.8 Å². The predicted molar refractivity (Wildman–Crippen MR) is 73.0 cm³/mol. The van der Waals surface area contributed by atoms with Crippen LogP contribution in [0.4, 0.5) is 0 Å². The van der Waals surface area contributed by atoms with E-state index in [4.69, 9.17) is 11.6 Å². The van der Waals surface area contributed by atoms with Crippen LogP contribution in [-0.2, 0) is 0 Å². The van der Waals surface area contributed by atoms with Gasteiger partial charge in [0.1, 0.15) is 5.16 Å². The molecule has 1 aromatic rings. The van der Waals surface area contributed by atoms with Crippen LogP contribution >= 0.6 is 11.6 Å². The number of hydrogen-bond donors (Lipinski definition) is 2. The van der Waals surface area contributed by atoms with Crippen molar-refractivity contribution in [3.05, 3.63) is 64.6 Å². The van der Waals surface area contributed by atoms with Gasteiger partial charge in [-0.1, -0.05) is 54.1 Å². The molecule has 0 bridgehead atoms. The Labute approximate surface area is 107 Å². The lowest BCUT2D eigenvalue weighted by Gasteiger charge is -2.25. The van der Waals surface area contributed by atoms with Crippen molar-refractivity contribution in [1.29, 1.82) is 0 Å². The molecular formula is C14H15ClN2. The summed E-state index contributed by atoms with van der Waals surface area (Å²) in [5.41, 5.74) is 4.01. The van der Waals surface area contributed by atoms with Gasteiger partial charge in [0.05, 0.1) is 17.1 Å². The minimum Gasteiger partial charge on any atom is -0.351 e. The summed E-state index contributed by atoms with van der Waals surface area (Å²) in [7, 11) is 0. The van der Waals surface area contributed by atoms with Crippen molar-refractivity contribution >= 4 is 17.3 Å². The van der Waals surface area contributed by atoms with Gasteiger partial charge in [-0.2, -0.15) is 0 Å². The Morgan fingerprint density at radius 3 is 2.12 bits per heavy atom. The van der Waals surface area contributed by atoms with E-state index in [9.17, 15) is 0 Å². The molecule has 0 unspecified atom stereocenters. The van der Waals surface area contributed by atoms with E-state index in [0.717, 1.165) is 22.7 Å². The summed E-state index contributed by atoms with van der Waals surface area (Å²) in [6.45, 7) is 3.97. The highest BCUT2D eigenvalue weighted by molar-refractivity contribution is 6.32.